The minimum absolute atomic E-state index is 0.405. The molecule has 0 saturated carbocycles. The number of rotatable bonds is 13. The van der Waals surface area contributed by atoms with E-state index in [-0.39, 0.29) is 0 Å². The summed E-state index contributed by atoms with van der Waals surface area (Å²) in [6.07, 6.45) is 10.6. The zero-order valence-electron chi connectivity index (χ0n) is 12.3. The van der Waals surface area contributed by atoms with Gasteiger partial charge in [-0.25, -0.2) is 0 Å². The van der Waals surface area contributed by atoms with E-state index >= 15 is 0 Å². The SMILES string of the molecule is CCCCCC(CCSC(CC=O)CCC)OC. The molecule has 2 unspecified atom stereocenters. The Morgan fingerprint density at radius 2 is 1.89 bits per heavy atom. The topological polar surface area (TPSA) is 26.3 Å². The van der Waals surface area contributed by atoms with E-state index < -0.39 is 0 Å². The molecule has 0 aliphatic rings. The lowest BCUT2D eigenvalue weighted by atomic mass is 10.1. The van der Waals surface area contributed by atoms with Crippen LogP contribution in [0.3, 0.4) is 0 Å². The van der Waals surface area contributed by atoms with Crippen molar-refractivity contribution in [1.29, 1.82) is 0 Å². The maximum atomic E-state index is 10.6. The first kappa shape index (κ1) is 18.0. The van der Waals surface area contributed by atoms with Crippen LogP contribution in [-0.2, 0) is 9.53 Å². The van der Waals surface area contributed by atoms with E-state index in [2.05, 4.69) is 13.8 Å². The zero-order valence-corrected chi connectivity index (χ0v) is 13.1. The van der Waals surface area contributed by atoms with Crippen LogP contribution in [0.2, 0.25) is 0 Å². The quantitative estimate of drug-likeness (QED) is 0.366. The molecule has 0 N–H and O–H groups in total. The van der Waals surface area contributed by atoms with E-state index in [0.717, 1.165) is 31.3 Å². The Hall–Kier alpha value is -0.0200. The highest BCUT2D eigenvalue weighted by Gasteiger charge is 2.11. The van der Waals surface area contributed by atoms with Crippen molar-refractivity contribution in [3.8, 4) is 0 Å². The van der Waals surface area contributed by atoms with Crippen molar-refractivity contribution in [2.75, 3.05) is 12.9 Å². The molecular weight excluding hydrogens is 244 g/mol. The summed E-state index contributed by atoms with van der Waals surface area (Å²) in [4.78, 5) is 10.6. The molecule has 3 heteroatoms. The second-order valence-electron chi connectivity index (χ2n) is 4.83. The number of thioether (sulfide) groups is 1. The third-order valence-corrected chi connectivity index (χ3v) is 4.60. The molecule has 0 amide bonds. The fourth-order valence-electron chi connectivity index (χ4n) is 2.07. The molecule has 2 atom stereocenters. The molecule has 0 aliphatic carbocycles. The van der Waals surface area contributed by atoms with Crippen LogP contribution >= 0.6 is 11.8 Å². The molecule has 0 aliphatic heterocycles. The largest absolute Gasteiger partial charge is 0.381 e. The summed E-state index contributed by atoms with van der Waals surface area (Å²) in [6.45, 7) is 4.41. The van der Waals surface area contributed by atoms with Crippen molar-refractivity contribution in [3.05, 3.63) is 0 Å². The van der Waals surface area contributed by atoms with Gasteiger partial charge in [0.1, 0.15) is 6.29 Å². The van der Waals surface area contributed by atoms with Gasteiger partial charge in [-0.1, -0.05) is 39.5 Å². The molecule has 0 bridgehead atoms. The minimum atomic E-state index is 0.405. The van der Waals surface area contributed by atoms with E-state index in [9.17, 15) is 4.79 Å². The van der Waals surface area contributed by atoms with Crippen LogP contribution in [0.15, 0.2) is 0 Å². The first-order valence-corrected chi connectivity index (χ1v) is 8.41. The van der Waals surface area contributed by atoms with Crippen molar-refractivity contribution < 1.29 is 9.53 Å². The summed E-state index contributed by atoms with van der Waals surface area (Å²) >= 11 is 1.94. The van der Waals surface area contributed by atoms with Gasteiger partial charge in [-0.3, -0.25) is 0 Å². The van der Waals surface area contributed by atoms with E-state index in [0.29, 0.717) is 17.8 Å². The van der Waals surface area contributed by atoms with Gasteiger partial charge in [0.15, 0.2) is 0 Å². The monoisotopic (exact) mass is 274 g/mol. The van der Waals surface area contributed by atoms with Crippen LogP contribution in [0.1, 0.15) is 65.2 Å². The van der Waals surface area contributed by atoms with Crippen molar-refractivity contribution in [1.82, 2.24) is 0 Å². The molecule has 0 aromatic rings. The standard InChI is InChI=1S/C15H30O2S/c1-4-6-7-9-14(17-3)11-13-18-15(8-5-2)10-12-16/h12,14-15H,4-11,13H2,1-3H3. The molecule has 0 heterocycles. The van der Waals surface area contributed by atoms with Gasteiger partial charge in [0.2, 0.25) is 0 Å². The van der Waals surface area contributed by atoms with Crippen LogP contribution < -0.4 is 0 Å². The molecule has 2 nitrogen and oxygen atoms in total. The lowest BCUT2D eigenvalue weighted by Gasteiger charge is -2.17. The Bertz CT molecular complexity index is 185. The molecule has 0 aromatic carbocycles. The first-order valence-electron chi connectivity index (χ1n) is 7.36. The summed E-state index contributed by atoms with van der Waals surface area (Å²) in [5.74, 6) is 1.11. The number of carbonyl (C=O) groups is 1. The number of hydrogen-bond donors (Lipinski definition) is 0. The van der Waals surface area contributed by atoms with Gasteiger partial charge in [0, 0.05) is 18.8 Å². The van der Waals surface area contributed by atoms with Crippen molar-refractivity contribution in [2.45, 2.75) is 76.6 Å². The average molecular weight is 274 g/mol. The lowest BCUT2D eigenvalue weighted by Crippen LogP contribution is -2.13. The number of ether oxygens (including phenoxy) is 1. The average Bonchev–Trinajstić information content (AvgIpc) is 2.37. The molecule has 0 radical (unpaired) electrons. The molecule has 108 valence electrons. The molecule has 18 heavy (non-hydrogen) atoms. The number of aldehydes is 1. The number of hydrogen-bond acceptors (Lipinski definition) is 3. The highest BCUT2D eigenvalue weighted by atomic mass is 32.2. The molecule has 0 rings (SSSR count). The van der Waals surface area contributed by atoms with E-state index in [1.54, 1.807) is 0 Å². The summed E-state index contributed by atoms with van der Waals surface area (Å²) < 4.78 is 5.52. The number of carbonyl (C=O) groups excluding carboxylic acids is 1. The Morgan fingerprint density at radius 1 is 1.11 bits per heavy atom. The summed E-state index contributed by atoms with van der Waals surface area (Å²) in [5.41, 5.74) is 0. The van der Waals surface area contributed by atoms with Gasteiger partial charge in [-0.05, 0) is 25.0 Å². The predicted molar refractivity (Wildman–Crippen MR) is 81.4 cm³/mol. The number of methoxy groups -OCH3 is 1. The summed E-state index contributed by atoms with van der Waals surface area (Å²) in [5, 5.41) is 0.514. The Morgan fingerprint density at radius 3 is 2.44 bits per heavy atom. The van der Waals surface area contributed by atoms with Crippen LogP contribution in [0.5, 0.6) is 0 Å². The predicted octanol–water partition coefficient (Wildman–Crippen LogP) is 4.46. The van der Waals surface area contributed by atoms with Crippen molar-refractivity contribution in [2.24, 2.45) is 0 Å². The summed E-state index contributed by atoms with van der Waals surface area (Å²) in [6, 6.07) is 0. The first-order chi connectivity index (χ1) is 8.78. The highest BCUT2D eigenvalue weighted by molar-refractivity contribution is 7.99. The molecular formula is C15H30O2S. The van der Waals surface area contributed by atoms with Gasteiger partial charge in [-0.15, -0.1) is 0 Å². The minimum Gasteiger partial charge on any atom is -0.381 e. The molecule has 0 aromatic heterocycles. The Balaban J connectivity index is 3.71. The normalized spacial score (nSPS) is 14.4. The molecule has 0 fully saturated rings. The van der Waals surface area contributed by atoms with Crippen LogP contribution in [0.4, 0.5) is 0 Å². The van der Waals surface area contributed by atoms with E-state index in [1.165, 1.54) is 25.7 Å². The molecule has 0 spiro atoms. The summed E-state index contributed by atoms with van der Waals surface area (Å²) in [7, 11) is 1.82. The molecule has 0 saturated heterocycles. The second-order valence-corrected chi connectivity index (χ2v) is 6.23. The maximum Gasteiger partial charge on any atom is 0.121 e. The van der Waals surface area contributed by atoms with Gasteiger partial charge < -0.3 is 9.53 Å². The van der Waals surface area contributed by atoms with Crippen molar-refractivity contribution >= 4 is 18.0 Å². The zero-order chi connectivity index (χ0) is 13.6. The van der Waals surface area contributed by atoms with Crippen LogP contribution in [0.25, 0.3) is 0 Å². The smallest absolute Gasteiger partial charge is 0.121 e. The fraction of sp³-hybridized carbons (Fsp3) is 0.933. The third-order valence-electron chi connectivity index (χ3n) is 3.23. The van der Waals surface area contributed by atoms with Gasteiger partial charge in [-0.2, -0.15) is 11.8 Å². The van der Waals surface area contributed by atoms with Crippen molar-refractivity contribution in [3.63, 3.8) is 0 Å². The van der Waals surface area contributed by atoms with Gasteiger partial charge in [0.05, 0.1) is 6.10 Å². The van der Waals surface area contributed by atoms with Gasteiger partial charge >= 0.3 is 0 Å². The van der Waals surface area contributed by atoms with Gasteiger partial charge in [0.25, 0.3) is 0 Å². The second kappa shape index (κ2) is 13.4. The third kappa shape index (κ3) is 9.95. The highest BCUT2D eigenvalue weighted by Crippen LogP contribution is 2.22. The van der Waals surface area contributed by atoms with Crippen LogP contribution in [0, 0.1) is 0 Å². The Labute approximate surface area is 117 Å². The lowest BCUT2D eigenvalue weighted by molar-refractivity contribution is -0.107. The van der Waals surface area contributed by atoms with Crippen LogP contribution in [-0.4, -0.2) is 30.5 Å². The van der Waals surface area contributed by atoms with E-state index in [4.69, 9.17) is 4.74 Å². The Kier molecular flexibility index (Phi) is 13.4. The fourth-order valence-corrected chi connectivity index (χ4v) is 3.42. The van der Waals surface area contributed by atoms with E-state index in [1.807, 2.05) is 18.9 Å². The number of unbranched alkanes of at least 4 members (excludes halogenated alkanes) is 2. The maximum absolute atomic E-state index is 10.6.